The van der Waals surface area contributed by atoms with Gasteiger partial charge in [0.25, 0.3) is 0 Å². The van der Waals surface area contributed by atoms with Crippen LogP contribution < -0.4 is 5.73 Å². The molecule has 4 rings (SSSR count). The number of nitrogens with two attached hydrogens (primary N) is 1. The predicted octanol–water partition coefficient (Wildman–Crippen LogP) is 4.21. The van der Waals surface area contributed by atoms with Crippen LogP contribution in [-0.2, 0) is 0 Å². The molecule has 3 N–H and O–H groups in total. The molecule has 0 aliphatic carbocycles. The van der Waals surface area contributed by atoms with Crippen molar-refractivity contribution in [2.24, 2.45) is 0 Å². The number of nitrogens with zero attached hydrogens (tertiary/aromatic N) is 1. The van der Waals surface area contributed by atoms with Crippen molar-refractivity contribution in [2.45, 2.75) is 0 Å². The van der Waals surface area contributed by atoms with Crippen LogP contribution in [0.5, 0.6) is 0 Å². The first-order valence-electron chi connectivity index (χ1n) is 6.14. The summed E-state index contributed by atoms with van der Waals surface area (Å²) in [4.78, 5) is 7.78. The summed E-state index contributed by atoms with van der Waals surface area (Å²) in [7, 11) is 0. The molecule has 2 aromatic heterocycles. The predicted molar refractivity (Wildman–Crippen MR) is 80.7 cm³/mol. The highest BCUT2D eigenvalue weighted by Crippen LogP contribution is 2.32. The van der Waals surface area contributed by atoms with Crippen molar-refractivity contribution in [2.75, 3.05) is 5.73 Å². The maximum Gasteiger partial charge on any atom is 0.142 e. The topological polar surface area (TPSA) is 67.8 Å². The number of aromatic nitrogens is 2. The summed E-state index contributed by atoms with van der Waals surface area (Å²) in [5, 5.41) is 1.60. The van der Waals surface area contributed by atoms with E-state index < -0.39 is 0 Å². The lowest BCUT2D eigenvalue weighted by Crippen LogP contribution is -1.86. The van der Waals surface area contributed by atoms with Crippen LogP contribution in [0, 0.1) is 0 Å². The van der Waals surface area contributed by atoms with Crippen LogP contribution in [0.15, 0.2) is 47.1 Å². The smallest absolute Gasteiger partial charge is 0.142 e. The number of para-hydroxylation sites is 1. The average molecular weight is 284 g/mol. The Kier molecular flexibility index (Phi) is 2.28. The minimum Gasteiger partial charge on any atom is -0.464 e. The zero-order chi connectivity index (χ0) is 13.7. The molecule has 4 nitrogen and oxygen atoms in total. The highest BCUT2D eigenvalue weighted by Gasteiger charge is 2.13. The van der Waals surface area contributed by atoms with E-state index in [9.17, 15) is 0 Å². The van der Waals surface area contributed by atoms with Gasteiger partial charge in [-0.2, -0.15) is 0 Å². The number of nitrogens with one attached hydrogen (secondary N) is 1. The Balaban J connectivity index is 2.01. The Hall–Kier alpha value is -2.46. The number of nitrogen functional groups attached to an aromatic ring is 1. The lowest BCUT2D eigenvalue weighted by molar-refractivity contribution is 0.616. The third kappa shape index (κ3) is 1.58. The molecule has 0 saturated heterocycles. The zero-order valence-corrected chi connectivity index (χ0v) is 11.1. The second-order valence-electron chi connectivity index (χ2n) is 4.62. The minimum absolute atomic E-state index is 0.558. The van der Waals surface area contributed by atoms with Crippen LogP contribution >= 0.6 is 11.6 Å². The average Bonchev–Trinajstić information content (AvgIpc) is 3.01. The van der Waals surface area contributed by atoms with E-state index in [1.165, 1.54) is 0 Å². The summed E-state index contributed by atoms with van der Waals surface area (Å²) in [6.07, 6.45) is 1.69. The largest absolute Gasteiger partial charge is 0.464 e. The Morgan fingerprint density at radius 2 is 2.05 bits per heavy atom. The van der Waals surface area contributed by atoms with Crippen molar-refractivity contribution in [3.8, 4) is 11.4 Å². The third-order valence-corrected chi connectivity index (χ3v) is 3.54. The van der Waals surface area contributed by atoms with Crippen LogP contribution in [0.1, 0.15) is 0 Å². The fourth-order valence-electron chi connectivity index (χ4n) is 2.40. The molecule has 0 radical (unpaired) electrons. The number of H-pyrrole nitrogens is 1. The Bertz CT molecular complexity index is 939. The summed E-state index contributed by atoms with van der Waals surface area (Å²) < 4.78 is 5.54. The number of benzene rings is 2. The number of halogens is 1. The summed E-state index contributed by atoms with van der Waals surface area (Å²) in [5.74, 6) is 0.721. The Labute approximate surface area is 119 Å². The first-order chi connectivity index (χ1) is 9.72. The van der Waals surface area contributed by atoms with Crippen molar-refractivity contribution < 1.29 is 4.42 Å². The molecule has 0 aliphatic heterocycles. The fraction of sp³-hybridized carbons (Fsp3) is 0. The molecule has 98 valence electrons. The summed E-state index contributed by atoms with van der Waals surface area (Å²) in [6, 6.07) is 11.3. The molecule has 0 unspecified atom stereocenters. The third-order valence-electron chi connectivity index (χ3n) is 3.32. The van der Waals surface area contributed by atoms with E-state index >= 15 is 0 Å². The van der Waals surface area contributed by atoms with E-state index in [1.54, 1.807) is 12.3 Å². The monoisotopic (exact) mass is 283 g/mol. The highest BCUT2D eigenvalue weighted by atomic mass is 35.5. The standard InChI is InChI=1S/C15H10ClN3O/c16-8-5-11(17)14-12(6-8)18-15(19-14)10-7-20-13-4-2-1-3-9(10)13/h1-7H,17H2,(H,18,19). The van der Waals surface area contributed by atoms with Crippen LogP contribution in [0.2, 0.25) is 5.02 Å². The number of hydrogen-bond donors (Lipinski definition) is 2. The molecule has 0 saturated carbocycles. The summed E-state index contributed by atoms with van der Waals surface area (Å²) in [5.41, 5.74) is 9.77. The van der Waals surface area contributed by atoms with Gasteiger partial charge in [-0.3, -0.25) is 0 Å². The highest BCUT2D eigenvalue weighted by molar-refractivity contribution is 6.31. The molecule has 0 amide bonds. The number of rotatable bonds is 1. The normalized spacial score (nSPS) is 11.4. The molecule has 20 heavy (non-hydrogen) atoms. The van der Waals surface area contributed by atoms with Crippen LogP contribution in [0.25, 0.3) is 33.4 Å². The number of imidazole rings is 1. The van der Waals surface area contributed by atoms with Gasteiger partial charge in [0.2, 0.25) is 0 Å². The van der Waals surface area contributed by atoms with Crippen LogP contribution in [0.3, 0.4) is 0 Å². The molecule has 0 bridgehead atoms. The molecule has 4 aromatic rings. The van der Waals surface area contributed by atoms with Crippen molar-refractivity contribution in [1.29, 1.82) is 0 Å². The SMILES string of the molecule is Nc1cc(Cl)cc2[nH]c(-c3coc4ccccc34)nc12. The van der Waals surface area contributed by atoms with Gasteiger partial charge in [-0.25, -0.2) is 4.98 Å². The lowest BCUT2D eigenvalue weighted by atomic mass is 10.2. The van der Waals surface area contributed by atoms with E-state index in [2.05, 4.69) is 9.97 Å². The molecular formula is C15H10ClN3O. The number of fused-ring (bicyclic) bond motifs is 2. The summed E-state index contributed by atoms with van der Waals surface area (Å²) in [6.45, 7) is 0. The number of aromatic amines is 1. The van der Waals surface area contributed by atoms with E-state index in [4.69, 9.17) is 21.8 Å². The number of hydrogen-bond acceptors (Lipinski definition) is 3. The zero-order valence-electron chi connectivity index (χ0n) is 10.4. The van der Waals surface area contributed by atoms with E-state index in [0.717, 1.165) is 33.4 Å². The van der Waals surface area contributed by atoms with Crippen molar-refractivity contribution in [3.05, 3.63) is 47.7 Å². The maximum atomic E-state index is 6.01. The van der Waals surface area contributed by atoms with Crippen LogP contribution in [0.4, 0.5) is 5.69 Å². The number of anilines is 1. The molecule has 0 fully saturated rings. The second kappa shape index (κ2) is 4.02. The van der Waals surface area contributed by atoms with Gasteiger partial charge in [0.1, 0.15) is 23.2 Å². The van der Waals surface area contributed by atoms with Gasteiger partial charge < -0.3 is 15.1 Å². The van der Waals surface area contributed by atoms with Gasteiger partial charge >= 0.3 is 0 Å². The van der Waals surface area contributed by atoms with Crippen LogP contribution in [-0.4, -0.2) is 9.97 Å². The molecule has 0 spiro atoms. The molecule has 0 atom stereocenters. The van der Waals surface area contributed by atoms with Gasteiger partial charge in [-0.05, 0) is 18.2 Å². The fourth-order valence-corrected chi connectivity index (χ4v) is 2.62. The van der Waals surface area contributed by atoms with E-state index in [1.807, 2.05) is 30.3 Å². The van der Waals surface area contributed by atoms with Gasteiger partial charge in [0.05, 0.1) is 16.8 Å². The van der Waals surface area contributed by atoms with Gasteiger partial charge in [-0.1, -0.05) is 29.8 Å². The van der Waals surface area contributed by atoms with Crippen molar-refractivity contribution >= 4 is 39.3 Å². The maximum absolute atomic E-state index is 6.01. The van der Waals surface area contributed by atoms with Gasteiger partial charge in [0.15, 0.2) is 0 Å². The molecule has 5 heteroatoms. The molecule has 2 heterocycles. The van der Waals surface area contributed by atoms with Gasteiger partial charge in [0, 0.05) is 10.4 Å². The minimum atomic E-state index is 0.558. The van der Waals surface area contributed by atoms with E-state index in [-0.39, 0.29) is 0 Å². The number of furan rings is 1. The Morgan fingerprint density at radius 3 is 2.95 bits per heavy atom. The first kappa shape index (κ1) is 11.4. The lowest BCUT2D eigenvalue weighted by Gasteiger charge is -1.94. The van der Waals surface area contributed by atoms with Crippen molar-refractivity contribution in [1.82, 2.24) is 9.97 Å². The molecular weight excluding hydrogens is 274 g/mol. The van der Waals surface area contributed by atoms with Crippen molar-refractivity contribution in [3.63, 3.8) is 0 Å². The Morgan fingerprint density at radius 1 is 1.20 bits per heavy atom. The molecule has 2 aromatic carbocycles. The van der Waals surface area contributed by atoms with E-state index in [0.29, 0.717) is 10.7 Å². The second-order valence-corrected chi connectivity index (χ2v) is 5.06. The quantitative estimate of drug-likeness (QED) is 0.514. The van der Waals surface area contributed by atoms with Gasteiger partial charge in [-0.15, -0.1) is 0 Å². The first-order valence-corrected chi connectivity index (χ1v) is 6.51. The summed E-state index contributed by atoms with van der Waals surface area (Å²) >= 11 is 6.01. The molecule has 0 aliphatic rings.